The van der Waals surface area contributed by atoms with Gasteiger partial charge in [0.2, 0.25) is 0 Å². The topological polar surface area (TPSA) is 32.8 Å². The number of hydrogen-bond donors (Lipinski definition) is 0. The van der Waals surface area contributed by atoms with E-state index < -0.39 is 0 Å². The molecular formula is C24H28N2O2. The van der Waals surface area contributed by atoms with E-state index in [-0.39, 0.29) is 5.91 Å². The van der Waals surface area contributed by atoms with Crippen LogP contribution in [0.15, 0.2) is 48.5 Å². The maximum atomic E-state index is 13.5. The Labute approximate surface area is 167 Å². The van der Waals surface area contributed by atoms with Gasteiger partial charge in [-0.15, -0.1) is 0 Å². The second-order valence-corrected chi connectivity index (χ2v) is 8.56. The molecule has 2 aromatic rings. The minimum Gasteiger partial charge on any atom is -0.497 e. The number of hydrogen-bond acceptors (Lipinski definition) is 3. The van der Waals surface area contributed by atoms with Crippen molar-refractivity contribution in [3.05, 3.63) is 65.2 Å². The third-order valence-corrected chi connectivity index (χ3v) is 7.04. The van der Waals surface area contributed by atoms with E-state index in [1.807, 2.05) is 24.3 Å². The molecule has 28 heavy (non-hydrogen) atoms. The summed E-state index contributed by atoms with van der Waals surface area (Å²) in [4.78, 5) is 18.3. The van der Waals surface area contributed by atoms with E-state index in [4.69, 9.17) is 4.74 Å². The normalized spacial score (nSPS) is 30.9. The first-order chi connectivity index (χ1) is 13.7. The van der Waals surface area contributed by atoms with Gasteiger partial charge < -0.3 is 9.64 Å². The van der Waals surface area contributed by atoms with E-state index >= 15 is 0 Å². The molecule has 4 aliphatic heterocycles. The number of methoxy groups -OCH3 is 1. The van der Waals surface area contributed by atoms with Crippen LogP contribution in [0.1, 0.15) is 40.2 Å². The van der Waals surface area contributed by atoms with Crippen molar-refractivity contribution in [2.24, 2.45) is 5.92 Å². The third kappa shape index (κ3) is 2.82. The molecule has 0 spiro atoms. The number of likely N-dealkylation sites (tertiary alicyclic amines) is 1. The zero-order valence-corrected chi connectivity index (χ0v) is 16.7. The van der Waals surface area contributed by atoms with Gasteiger partial charge in [0.05, 0.1) is 13.2 Å². The van der Waals surface area contributed by atoms with Crippen LogP contribution in [0.5, 0.6) is 5.75 Å². The molecule has 2 aromatic carbocycles. The van der Waals surface area contributed by atoms with Crippen LogP contribution in [0.3, 0.4) is 0 Å². The van der Waals surface area contributed by atoms with Crippen LogP contribution in [-0.4, -0.2) is 54.5 Å². The number of nitrogens with zero attached hydrogens (tertiary/aromatic N) is 2. The smallest absolute Gasteiger partial charge is 0.254 e. The number of amides is 1. The molecule has 0 saturated carbocycles. The van der Waals surface area contributed by atoms with E-state index in [9.17, 15) is 4.79 Å². The van der Waals surface area contributed by atoms with Gasteiger partial charge in [-0.2, -0.15) is 0 Å². The Balaban J connectivity index is 1.53. The summed E-state index contributed by atoms with van der Waals surface area (Å²) < 4.78 is 5.48. The summed E-state index contributed by atoms with van der Waals surface area (Å²) in [7, 11) is 1.72. The number of aryl methyl sites for hydroxylation is 1. The molecule has 4 heterocycles. The van der Waals surface area contributed by atoms with E-state index in [1.165, 1.54) is 31.5 Å². The van der Waals surface area contributed by atoms with Crippen molar-refractivity contribution >= 4 is 5.91 Å². The molecule has 0 N–H and O–H groups in total. The van der Waals surface area contributed by atoms with Gasteiger partial charge in [0, 0.05) is 24.1 Å². The van der Waals surface area contributed by atoms with Gasteiger partial charge in [-0.25, -0.2) is 0 Å². The molecule has 0 aromatic heterocycles. The highest BCUT2D eigenvalue weighted by Crippen LogP contribution is 2.47. The molecule has 2 bridgehead atoms. The van der Waals surface area contributed by atoms with Crippen molar-refractivity contribution in [1.82, 2.24) is 9.80 Å². The van der Waals surface area contributed by atoms with Crippen LogP contribution in [0, 0.1) is 12.8 Å². The number of benzene rings is 2. The van der Waals surface area contributed by atoms with Gasteiger partial charge in [0.15, 0.2) is 0 Å². The highest BCUT2D eigenvalue weighted by Gasteiger charge is 2.54. The van der Waals surface area contributed by atoms with E-state index in [0.29, 0.717) is 23.9 Å². The Kier molecular flexibility index (Phi) is 4.39. The van der Waals surface area contributed by atoms with Gasteiger partial charge in [0.1, 0.15) is 5.75 Å². The molecule has 4 nitrogen and oxygen atoms in total. The molecule has 6 rings (SSSR count). The Morgan fingerprint density at radius 2 is 1.82 bits per heavy atom. The lowest BCUT2D eigenvalue weighted by molar-refractivity contribution is -0.00341. The standard InChI is InChI=1S/C24H28N2O2/c1-16-5-3-7-19(13-16)24(27)26-15-21(18-6-4-8-20(14-18)28-2)23-22(26)17-9-11-25(23)12-10-17/h3-8,13-14,17,21-23H,9-12,15H2,1-2H3/t21-,22+,23+/m1/s1. The van der Waals surface area contributed by atoms with Crippen molar-refractivity contribution in [3.8, 4) is 5.75 Å². The van der Waals surface area contributed by atoms with Crippen LogP contribution < -0.4 is 4.74 Å². The monoisotopic (exact) mass is 376 g/mol. The second kappa shape index (κ2) is 6.93. The lowest BCUT2D eigenvalue weighted by atomic mass is 9.75. The zero-order valence-electron chi connectivity index (χ0n) is 16.7. The summed E-state index contributed by atoms with van der Waals surface area (Å²) in [5.41, 5.74) is 3.25. The van der Waals surface area contributed by atoms with Crippen molar-refractivity contribution in [3.63, 3.8) is 0 Å². The van der Waals surface area contributed by atoms with Crippen molar-refractivity contribution in [2.45, 2.75) is 37.8 Å². The largest absolute Gasteiger partial charge is 0.497 e. The van der Waals surface area contributed by atoms with E-state index in [1.54, 1.807) is 7.11 Å². The predicted molar refractivity (Wildman–Crippen MR) is 110 cm³/mol. The Hall–Kier alpha value is -2.33. The number of ether oxygens (including phenoxy) is 1. The van der Waals surface area contributed by atoms with Gasteiger partial charge >= 0.3 is 0 Å². The zero-order chi connectivity index (χ0) is 19.3. The molecule has 4 saturated heterocycles. The SMILES string of the molecule is COc1cccc([C@H]2CN(C(=O)c3cccc(C)c3)[C@H]3C4CCN(CC4)[C@@H]23)c1. The van der Waals surface area contributed by atoms with Crippen LogP contribution in [0.4, 0.5) is 0 Å². The fourth-order valence-corrected chi connectivity index (χ4v) is 5.76. The predicted octanol–water partition coefficient (Wildman–Crippen LogP) is 3.71. The summed E-state index contributed by atoms with van der Waals surface area (Å²) in [6, 6.07) is 17.2. The molecule has 0 radical (unpaired) electrons. The van der Waals surface area contributed by atoms with Crippen LogP contribution >= 0.6 is 0 Å². The van der Waals surface area contributed by atoms with Crippen LogP contribution in [0.2, 0.25) is 0 Å². The number of fused-ring (bicyclic) bond motifs is 2. The molecule has 4 fully saturated rings. The van der Waals surface area contributed by atoms with Crippen molar-refractivity contribution in [2.75, 3.05) is 26.7 Å². The van der Waals surface area contributed by atoms with Gasteiger partial charge in [0.25, 0.3) is 5.91 Å². The van der Waals surface area contributed by atoms with E-state index in [0.717, 1.165) is 23.4 Å². The number of carbonyl (C=O) groups is 1. The molecular weight excluding hydrogens is 348 g/mol. The molecule has 4 heteroatoms. The van der Waals surface area contributed by atoms with E-state index in [2.05, 4.69) is 41.0 Å². The van der Waals surface area contributed by atoms with Crippen LogP contribution in [0.25, 0.3) is 0 Å². The average Bonchev–Trinajstić information content (AvgIpc) is 3.17. The van der Waals surface area contributed by atoms with Gasteiger partial charge in [-0.3, -0.25) is 9.69 Å². The van der Waals surface area contributed by atoms with Gasteiger partial charge in [-0.05, 0) is 68.6 Å². The Morgan fingerprint density at radius 1 is 1.04 bits per heavy atom. The molecule has 0 unspecified atom stereocenters. The molecule has 0 aliphatic carbocycles. The lowest BCUT2D eigenvalue weighted by Gasteiger charge is -2.51. The van der Waals surface area contributed by atoms with Crippen molar-refractivity contribution in [1.29, 1.82) is 0 Å². The first kappa shape index (κ1) is 17.7. The highest BCUT2D eigenvalue weighted by molar-refractivity contribution is 5.95. The number of rotatable bonds is 3. The molecule has 3 atom stereocenters. The summed E-state index contributed by atoms with van der Waals surface area (Å²) in [5.74, 6) is 2.06. The first-order valence-electron chi connectivity index (χ1n) is 10.4. The maximum absolute atomic E-state index is 13.5. The molecule has 146 valence electrons. The highest BCUT2D eigenvalue weighted by atomic mass is 16.5. The quantitative estimate of drug-likeness (QED) is 0.819. The maximum Gasteiger partial charge on any atom is 0.254 e. The Morgan fingerprint density at radius 3 is 2.57 bits per heavy atom. The number of piperidine rings is 3. The lowest BCUT2D eigenvalue weighted by Crippen LogP contribution is -2.60. The fraction of sp³-hybridized carbons (Fsp3) is 0.458. The van der Waals surface area contributed by atoms with Gasteiger partial charge in [-0.1, -0.05) is 29.8 Å². The summed E-state index contributed by atoms with van der Waals surface area (Å²) in [5, 5.41) is 0. The summed E-state index contributed by atoms with van der Waals surface area (Å²) in [6.07, 6.45) is 2.42. The first-order valence-corrected chi connectivity index (χ1v) is 10.4. The summed E-state index contributed by atoms with van der Waals surface area (Å²) in [6.45, 7) is 5.18. The molecule has 4 aliphatic rings. The third-order valence-electron chi connectivity index (χ3n) is 7.04. The minimum atomic E-state index is 0.192. The summed E-state index contributed by atoms with van der Waals surface area (Å²) >= 11 is 0. The number of carbonyl (C=O) groups excluding carboxylic acids is 1. The Bertz CT molecular complexity index is 888. The fourth-order valence-electron chi connectivity index (χ4n) is 5.76. The second-order valence-electron chi connectivity index (χ2n) is 8.56. The average molecular weight is 377 g/mol. The minimum absolute atomic E-state index is 0.192. The van der Waals surface area contributed by atoms with Crippen LogP contribution in [-0.2, 0) is 0 Å². The molecule has 1 amide bonds. The van der Waals surface area contributed by atoms with Crippen molar-refractivity contribution < 1.29 is 9.53 Å².